The van der Waals surface area contributed by atoms with Crippen molar-refractivity contribution >= 4 is 17.5 Å². The van der Waals surface area contributed by atoms with Gasteiger partial charge < -0.3 is 9.84 Å². The van der Waals surface area contributed by atoms with Crippen molar-refractivity contribution < 1.29 is 14.6 Å². The van der Waals surface area contributed by atoms with Crippen LogP contribution in [-0.4, -0.2) is 42.2 Å². The van der Waals surface area contributed by atoms with Crippen molar-refractivity contribution in [3.05, 3.63) is 53.6 Å². The van der Waals surface area contributed by atoms with Crippen LogP contribution in [0.2, 0.25) is 0 Å². The first-order chi connectivity index (χ1) is 12.6. The van der Waals surface area contributed by atoms with Crippen molar-refractivity contribution in [2.75, 3.05) is 26.5 Å². The second-order valence-electron chi connectivity index (χ2n) is 6.67. The summed E-state index contributed by atoms with van der Waals surface area (Å²) in [6, 6.07) is 13.3. The van der Waals surface area contributed by atoms with Gasteiger partial charge in [0.1, 0.15) is 0 Å². The number of phenolic OH excluding ortho intramolecular Hbond substituents is 1. The lowest BCUT2D eigenvalue weighted by atomic mass is 9.90. The predicted octanol–water partition coefficient (Wildman–Crippen LogP) is 4.22. The Morgan fingerprint density at radius 1 is 1.27 bits per heavy atom. The van der Waals surface area contributed by atoms with E-state index in [2.05, 4.69) is 4.90 Å². The van der Waals surface area contributed by atoms with E-state index in [-0.39, 0.29) is 17.5 Å². The Morgan fingerprint density at radius 2 is 2.04 bits per heavy atom. The largest absolute Gasteiger partial charge is 0.504 e. The van der Waals surface area contributed by atoms with Crippen molar-refractivity contribution in [2.24, 2.45) is 5.92 Å². The molecule has 0 bridgehead atoms. The number of benzene rings is 2. The number of likely N-dealkylation sites (tertiary alicyclic amines) is 1. The zero-order chi connectivity index (χ0) is 18.5. The smallest absolute Gasteiger partial charge is 0.167 e. The van der Waals surface area contributed by atoms with E-state index in [4.69, 9.17) is 4.74 Å². The number of carbonyl (C=O) groups excluding carboxylic acids is 1. The molecule has 1 heterocycles. The number of ketones is 1. The highest BCUT2D eigenvalue weighted by molar-refractivity contribution is 7.98. The van der Waals surface area contributed by atoms with Crippen molar-refractivity contribution in [3.63, 3.8) is 0 Å². The van der Waals surface area contributed by atoms with Crippen LogP contribution in [-0.2, 0) is 6.54 Å². The lowest BCUT2D eigenvalue weighted by molar-refractivity contribution is 0.0811. The third kappa shape index (κ3) is 4.40. The molecule has 2 aromatic rings. The highest BCUT2D eigenvalue weighted by Gasteiger charge is 2.26. The molecule has 0 spiro atoms. The summed E-state index contributed by atoms with van der Waals surface area (Å²) in [5, 5.41) is 9.73. The number of hydrogen-bond acceptors (Lipinski definition) is 5. The number of nitrogens with zero attached hydrogens (tertiary/aromatic N) is 1. The molecule has 1 saturated heterocycles. The molecule has 1 aliphatic heterocycles. The summed E-state index contributed by atoms with van der Waals surface area (Å²) in [6.45, 7) is 2.51. The first-order valence-electron chi connectivity index (χ1n) is 8.87. The van der Waals surface area contributed by atoms with Crippen molar-refractivity contribution in [1.82, 2.24) is 4.90 Å². The molecule has 1 N–H and O–H groups in total. The molecular weight excluding hydrogens is 346 g/mol. The lowest BCUT2D eigenvalue weighted by Gasteiger charge is -2.32. The zero-order valence-electron chi connectivity index (χ0n) is 15.3. The zero-order valence-corrected chi connectivity index (χ0v) is 16.1. The van der Waals surface area contributed by atoms with Crippen LogP contribution in [0.25, 0.3) is 0 Å². The second kappa shape index (κ2) is 8.60. The van der Waals surface area contributed by atoms with Crippen LogP contribution in [0.3, 0.4) is 0 Å². The molecule has 0 saturated carbocycles. The van der Waals surface area contributed by atoms with E-state index in [9.17, 15) is 9.90 Å². The minimum atomic E-state index is 0.0443. The summed E-state index contributed by atoms with van der Waals surface area (Å²) in [6.07, 6.45) is 4.00. The topological polar surface area (TPSA) is 49.8 Å². The number of carbonyl (C=O) groups is 1. The van der Waals surface area contributed by atoms with Gasteiger partial charge in [-0.25, -0.2) is 0 Å². The average molecular weight is 372 g/mol. The van der Waals surface area contributed by atoms with Gasteiger partial charge in [0.15, 0.2) is 17.3 Å². The summed E-state index contributed by atoms with van der Waals surface area (Å²) in [5.74, 6) is 0.922. The van der Waals surface area contributed by atoms with E-state index in [1.54, 1.807) is 24.9 Å². The molecule has 1 aliphatic rings. The Balaban J connectivity index is 1.65. The van der Waals surface area contributed by atoms with Crippen molar-refractivity contribution in [1.29, 1.82) is 0 Å². The predicted molar refractivity (Wildman–Crippen MR) is 105 cm³/mol. The monoisotopic (exact) mass is 371 g/mol. The van der Waals surface area contributed by atoms with Gasteiger partial charge >= 0.3 is 0 Å². The fourth-order valence-corrected chi connectivity index (χ4v) is 3.89. The number of aromatic hydroxyl groups is 1. The van der Waals surface area contributed by atoms with Gasteiger partial charge in [0.25, 0.3) is 0 Å². The van der Waals surface area contributed by atoms with Gasteiger partial charge in [-0.2, -0.15) is 0 Å². The van der Waals surface area contributed by atoms with Crippen LogP contribution < -0.4 is 4.74 Å². The fraction of sp³-hybridized carbons (Fsp3) is 0.381. The van der Waals surface area contributed by atoms with Crippen LogP contribution in [0.15, 0.2) is 47.4 Å². The quantitative estimate of drug-likeness (QED) is 0.609. The number of phenols is 1. The SMILES string of the molecule is COc1cc(CN2CCCC(C(=O)c3ccc(SC)cc3)C2)ccc1O. The molecule has 0 amide bonds. The normalized spacial score (nSPS) is 17.8. The second-order valence-corrected chi connectivity index (χ2v) is 7.55. The van der Waals surface area contributed by atoms with Gasteiger partial charge in [0, 0.05) is 29.5 Å². The number of piperidine rings is 1. The summed E-state index contributed by atoms with van der Waals surface area (Å²) >= 11 is 1.68. The van der Waals surface area contributed by atoms with Crippen LogP contribution in [0, 0.1) is 5.92 Å². The molecule has 26 heavy (non-hydrogen) atoms. The first-order valence-corrected chi connectivity index (χ1v) is 10.1. The van der Waals surface area contributed by atoms with Crippen LogP contribution in [0.5, 0.6) is 11.5 Å². The lowest BCUT2D eigenvalue weighted by Crippen LogP contribution is -2.38. The first kappa shape index (κ1) is 18.8. The highest BCUT2D eigenvalue weighted by atomic mass is 32.2. The van der Waals surface area contributed by atoms with E-state index >= 15 is 0 Å². The molecule has 1 unspecified atom stereocenters. The minimum Gasteiger partial charge on any atom is -0.504 e. The van der Waals surface area contributed by atoms with Crippen LogP contribution in [0.4, 0.5) is 0 Å². The van der Waals surface area contributed by atoms with Crippen molar-refractivity contribution in [2.45, 2.75) is 24.3 Å². The maximum absolute atomic E-state index is 12.9. The molecule has 3 rings (SSSR count). The fourth-order valence-electron chi connectivity index (χ4n) is 3.48. The Bertz CT molecular complexity index is 760. The van der Waals surface area contributed by atoms with E-state index in [0.717, 1.165) is 43.6 Å². The minimum absolute atomic E-state index is 0.0443. The number of thioether (sulfide) groups is 1. The van der Waals surface area contributed by atoms with E-state index in [0.29, 0.717) is 5.75 Å². The summed E-state index contributed by atoms with van der Waals surface area (Å²) in [5.41, 5.74) is 1.89. The van der Waals surface area contributed by atoms with Gasteiger partial charge in [-0.3, -0.25) is 9.69 Å². The maximum atomic E-state index is 12.9. The Kier molecular flexibility index (Phi) is 6.22. The van der Waals surface area contributed by atoms with Gasteiger partial charge in [-0.1, -0.05) is 18.2 Å². The Labute approximate surface area is 159 Å². The van der Waals surface area contributed by atoms with Gasteiger partial charge in [0.05, 0.1) is 7.11 Å². The third-order valence-corrected chi connectivity index (χ3v) is 5.64. The molecule has 4 nitrogen and oxygen atoms in total. The highest BCUT2D eigenvalue weighted by Crippen LogP contribution is 2.28. The number of methoxy groups -OCH3 is 1. The molecule has 0 radical (unpaired) electrons. The van der Waals surface area contributed by atoms with Crippen molar-refractivity contribution in [3.8, 4) is 11.5 Å². The summed E-state index contributed by atoms with van der Waals surface area (Å²) < 4.78 is 5.19. The van der Waals surface area contributed by atoms with E-state index < -0.39 is 0 Å². The average Bonchev–Trinajstić information content (AvgIpc) is 2.69. The van der Waals surface area contributed by atoms with Crippen LogP contribution in [0.1, 0.15) is 28.8 Å². The van der Waals surface area contributed by atoms with E-state index in [1.807, 2.05) is 42.7 Å². The molecule has 1 atom stereocenters. The molecule has 138 valence electrons. The molecule has 0 aromatic heterocycles. The molecule has 0 aliphatic carbocycles. The van der Waals surface area contributed by atoms with Gasteiger partial charge in [-0.15, -0.1) is 11.8 Å². The number of Topliss-reactive ketones (excluding diaryl/α,β-unsaturated/α-hetero) is 1. The van der Waals surface area contributed by atoms with Gasteiger partial charge in [0.2, 0.25) is 0 Å². The third-order valence-electron chi connectivity index (χ3n) is 4.90. The summed E-state index contributed by atoms with van der Waals surface area (Å²) in [7, 11) is 1.55. The molecule has 5 heteroatoms. The summed E-state index contributed by atoms with van der Waals surface area (Å²) in [4.78, 5) is 16.3. The number of hydrogen-bond donors (Lipinski definition) is 1. The number of ether oxygens (including phenoxy) is 1. The maximum Gasteiger partial charge on any atom is 0.167 e. The van der Waals surface area contributed by atoms with Crippen LogP contribution >= 0.6 is 11.8 Å². The standard InChI is InChI=1S/C21H25NO3S/c1-25-20-12-15(5-10-19(20)23)13-22-11-3-4-17(14-22)21(24)16-6-8-18(26-2)9-7-16/h5-10,12,17,23H,3-4,11,13-14H2,1-2H3. The van der Waals surface area contributed by atoms with E-state index in [1.165, 1.54) is 4.90 Å². The molecule has 2 aromatic carbocycles. The Hall–Kier alpha value is -1.98. The molecule has 1 fully saturated rings. The number of rotatable bonds is 6. The molecular formula is C21H25NO3S. The Morgan fingerprint density at radius 3 is 2.73 bits per heavy atom. The van der Waals surface area contributed by atoms with Gasteiger partial charge in [-0.05, 0) is 55.5 Å².